The van der Waals surface area contributed by atoms with E-state index in [0.717, 1.165) is 57.8 Å². The standard InChI is InChI=1S/C9H22N2.C8H20N2/c1-9(2,5-3-7-10)6-4-8-11;1-8(5-7-10)4-2-3-6-9/h3-8,10-11H2,1-2H3;8H,2-7,9-10H2,1H3. The van der Waals surface area contributed by atoms with Gasteiger partial charge in [-0.2, -0.15) is 0 Å². The fourth-order valence-electron chi connectivity index (χ4n) is 2.35. The summed E-state index contributed by atoms with van der Waals surface area (Å²) in [5.74, 6) is 0.788. The van der Waals surface area contributed by atoms with Crippen LogP contribution in [-0.2, 0) is 0 Å². The first-order chi connectivity index (χ1) is 9.93. The van der Waals surface area contributed by atoms with E-state index in [4.69, 9.17) is 22.9 Å². The molecule has 0 aromatic heterocycles. The Morgan fingerprint density at radius 2 is 1.14 bits per heavy atom. The van der Waals surface area contributed by atoms with Gasteiger partial charge in [0, 0.05) is 0 Å². The first-order valence-electron chi connectivity index (χ1n) is 8.73. The van der Waals surface area contributed by atoms with Crippen LogP contribution >= 0.6 is 0 Å². The minimum absolute atomic E-state index is 0.443. The van der Waals surface area contributed by atoms with Crippen LogP contribution in [0.2, 0.25) is 0 Å². The molecule has 0 aromatic rings. The van der Waals surface area contributed by atoms with Crippen LogP contribution in [0.1, 0.15) is 72.1 Å². The molecule has 1 atom stereocenters. The summed E-state index contributed by atoms with van der Waals surface area (Å²) in [5, 5.41) is 0. The van der Waals surface area contributed by atoms with E-state index in [1.165, 1.54) is 25.7 Å². The van der Waals surface area contributed by atoms with Crippen molar-refractivity contribution in [3.63, 3.8) is 0 Å². The maximum absolute atomic E-state index is 5.44. The quantitative estimate of drug-likeness (QED) is 0.416. The van der Waals surface area contributed by atoms with Crippen molar-refractivity contribution >= 4 is 0 Å². The van der Waals surface area contributed by atoms with Gasteiger partial charge >= 0.3 is 0 Å². The molecule has 0 saturated heterocycles. The Morgan fingerprint density at radius 3 is 1.52 bits per heavy atom. The monoisotopic (exact) mass is 302 g/mol. The van der Waals surface area contributed by atoms with Gasteiger partial charge < -0.3 is 22.9 Å². The largest absolute Gasteiger partial charge is 0.330 e. The summed E-state index contributed by atoms with van der Waals surface area (Å²) < 4.78 is 0. The minimum atomic E-state index is 0.443. The van der Waals surface area contributed by atoms with Gasteiger partial charge in [-0.1, -0.05) is 33.6 Å². The molecule has 1 unspecified atom stereocenters. The minimum Gasteiger partial charge on any atom is -0.330 e. The molecule has 0 spiro atoms. The number of nitrogens with two attached hydrogens (primary N) is 4. The molecule has 4 nitrogen and oxygen atoms in total. The van der Waals surface area contributed by atoms with Crippen LogP contribution in [0, 0.1) is 11.3 Å². The SMILES string of the molecule is CC(C)(CCCN)CCCN.CC(CCN)CCCCN. The lowest BCUT2D eigenvalue weighted by Gasteiger charge is -2.23. The Hall–Kier alpha value is -0.160. The molecule has 0 rings (SSSR count). The molecule has 0 aliphatic rings. The van der Waals surface area contributed by atoms with Gasteiger partial charge in [0.15, 0.2) is 0 Å². The van der Waals surface area contributed by atoms with Crippen molar-refractivity contribution in [3.05, 3.63) is 0 Å². The van der Waals surface area contributed by atoms with E-state index in [9.17, 15) is 0 Å². The second-order valence-electron chi connectivity index (χ2n) is 6.92. The molecule has 8 N–H and O–H groups in total. The van der Waals surface area contributed by atoms with Crippen LogP contribution in [0.4, 0.5) is 0 Å². The molecule has 0 aromatic carbocycles. The predicted octanol–water partition coefficient (Wildman–Crippen LogP) is 2.59. The third-order valence-electron chi connectivity index (χ3n) is 3.93. The van der Waals surface area contributed by atoms with Gasteiger partial charge in [-0.15, -0.1) is 0 Å². The molecule has 0 fully saturated rings. The summed E-state index contributed by atoms with van der Waals surface area (Å²) in [5.41, 5.74) is 22.1. The normalized spacial score (nSPS) is 12.7. The van der Waals surface area contributed by atoms with Gasteiger partial charge in [-0.05, 0) is 76.0 Å². The average Bonchev–Trinajstić information content (AvgIpc) is 2.44. The van der Waals surface area contributed by atoms with Crippen molar-refractivity contribution in [3.8, 4) is 0 Å². The topological polar surface area (TPSA) is 104 Å². The second-order valence-corrected chi connectivity index (χ2v) is 6.92. The maximum Gasteiger partial charge on any atom is -0.00747 e. The highest BCUT2D eigenvalue weighted by Gasteiger charge is 2.15. The van der Waals surface area contributed by atoms with Crippen molar-refractivity contribution in [1.29, 1.82) is 0 Å². The van der Waals surface area contributed by atoms with E-state index >= 15 is 0 Å². The molecule has 0 bridgehead atoms. The highest BCUT2D eigenvalue weighted by atomic mass is 14.5. The van der Waals surface area contributed by atoms with Crippen molar-refractivity contribution < 1.29 is 0 Å². The van der Waals surface area contributed by atoms with Crippen molar-refractivity contribution in [2.45, 2.75) is 72.1 Å². The van der Waals surface area contributed by atoms with Gasteiger partial charge in [0.1, 0.15) is 0 Å². The van der Waals surface area contributed by atoms with Gasteiger partial charge in [0.2, 0.25) is 0 Å². The van der Waals surface area contributed by atoms with Gasteiger partial charge in [0.25, 0.3) is 0 Å². The molecule has 4 heteroatoms. The lowest BCUT2D eigenvalue weighted by atomic mass is 9.83. The lowest BCUT2D eigenvalue weighted by Crippen LogP contribution is -2.15. The van der Waals surface area contributed by atoms with E-state index in [1.807, 2.05) is 0 Å². The lowest BCUT2D eigenvalue weighted by molar-refractivity contribution is 0.295. The van der Waals surface area contributed by atoms with E-state index in [0.29, 0.717) is 5.41 Å². The molecular formula is C17H42N4. The van der Waals surface area contributed by atoms with Gasteiger partial charge in [-0.3, -0.25) is 0 Å². The Kier molecular flexibility index (Phi) is 17.8. The third-order valence-corrected chi connectivity index (χ3v) is 3.93. The second kappa shape index (κ2) is 16.2. The van der Waals surface area contributed by atoms with Crippen LogP contribution in [0.25, 0.3) is 0 Å². The summed E-state index contributed by atoms with van der Waals surface area (Å²) >= 11 is 0. The first-order valence-corrected chi connectivity index (χ1v) is 8.73. The smallest absolute Gasteiger partial charge is 0.00747 e. The number of rotatable bonds is 12. The molecule has 0 heterocycles. The predicted molar refractivity (Wildman–Crippen MR) is 96.1 cm³/mol. The summed E-state index contributed by atoms with van der Waals surface area (Å²) in [6.45, 7) is 10.1. The van der Waals surface area contributed by atoms with Gasteiger partial charge in [-0.25, -0.2) is 0 Å². The molecule has 0 amide bonds. The van der Waals surface area contributed by atoms with Crippen molar-refractivity contribution in [1.82, 2.24) is 0 Å². The molecular weight excluding hydrogens is 260 g/mol. The maximum atomic E-state index is 5.44. The van der Waals surface area contributed by atoms with E-state index in [1.54, 1.807) is 0 Å². The molecule has 0 aliphatic carbocycles. The summed E-state index contributed by atoms with van der Waals surface area (Å²) in [6.07, 6.45) is 9.59. The fraction of sp³-hybridized carbons (Fsp3) is 1.00. The molecule has 21 heavy (non-hydrogen) atoms. The summed E-state index contributed by atoms with van der Waals surface area (Å²) in [4.78, 5) is 0. The van der Waals surface area contributed by atoms with Crippen molar-refractivity contribution in [2.24, 2.45) is 34.3 Å². The van der Waals surface area contributed by atoms with Gasteiger partial charge in [0.05, 0.1) is 0 Å². The molecule has 0 aliphatic heterocycles. The highest BCUT2D eigenvalue weighted by Crippen LogP contribution is 2.27. The highest BCUT2D eigenvalue weighted by molar-refractivity contribution is 4.68. The number of unbranched alkanes of at least 4 members (excludes halogenated alkanes) is 1. The molecule has 130 valence electrons. The number of hydrogen-bond donors (Lipinski definition) is 4. The number of hydrogen-bond acceptors (Lipinski definition) is 4. The zero-order valence-corrected chi connectivity index (χ0v) is 14.9. The Labute approximate surface area is 133 Å². The van der Waals surface area contributed by atoms with E-state index < -0.39 is 0 Å². The van der Waals surface area contributed by atoms with Crippen LogP contribution in [-0.4, -0.2) is 26.2 Å². The Morgan fingerprint density at radius 1 is 0.667 bits per heavy atom. The third kappa shape index (κ3) is 19.8. The summed E-state index contributed by atoms with van der Waals surface area (Å²) in [6, 6.07) is 0. The van der Waals surface area contributed by atoms with Crippen LogP contribution in [0.5, 0.6) is 0 Å². The van der Waals surface area contributed by atoms with E-state index in [2.05, 4.69) is 20.8 Å². The zero-order chi connectivity index (χ0) is 16.6. The van der Waals surface area contributed by atoms with Crippen LogP contribution < -0.4 is 22.9 Å². The first kappa shape index (κ1) is 23.1. The molecule has 0 radical (unpaired) electrons. The van der Waals surface area contributed by atoms with Crippen LogP contribution in [0.15, 0.2) is 0 Å². The summed E-state index contributed by atoms with van der Waals surface area (Å²) in [7, 11) is 0. The Balaban J connectivity index is 0. The molecule has 0 saturated carbocycles. The Bertz CT molecular complexity index is 185. The average molecular weight is 303 g/mol. The van der Waals surface area contributed by atoms with Crippen LogP contribution in [0.3, 0.4) is 0 Å². The van der Waals surface area contributed by atoms with Crippen molar-refractivity contribution in [2.75, 3.05) is 26.2 Å². The van der Waals surface area contributed by atoms with E-state index in [-0.39, 0.29) is 0 Å². The fourth-order valence-corrected chi connectivity index (χ4v) is 2.35. The zero-order valence-electron chi connectivity index (χ0n) is 14.9.